The van der Waals surface area contributed by atoms with Crippen LogP contribution in [0.25, 0.3) is 0 Å². The van der Waals surface area contributed by atoms with Crippen LogP contribution in [0.5, 0.6) is 0 Å². The van der Waals surface area contributed by atoms with Crippen LogP contribution in [0.3, 0.4) is 0 Å². The van der Waals surface area contributed by atoms with E-state index in [1.54, 1.807) is 41.5 Å². The highest BCUT2D eigenvalue weighted by Crippen LogP contribution is 2.26. The Morgan fingerprint density at radius 2 is 1.67 bits per heavy atom. The molecule has 2 N–H and O–H groups in total. The van der Waals surface area contributed by atoms with E-state index in [2.05, 4.69) is 15.9 Å². The molecule has 5 nitrogen and oxygen atoms in total. The maximum Gasteiger partial charge on any atom is 0.349 e. The van der Waals surface area contributed by atoms with Crippen LogP contribution in [-0.2, 0) is 15.2 Å². The summed E-state index contributed by atoms with van der Waals surface area (Å²) in [6.07, 6.45) is 0.350. The third-order valence-corrected chi connectivity index (χ3v) is 5.11. The molecule has 0 aliphatic heterocycles. The number of carbonyl (C=O) groups is 2. The zero-order chi connectivity index (χ0) is 20.0. The lowest BCUT2D eigenvalue weighted by atomic mass is 9.86. The summed E-state index contributed by atoms with van der Waals surface area (Å²) < 4.78 is 0.902. The second-order valence-electron chi connectivity index (χ2n) is 6.23. The fraction of sp³-hybridized carbons (Fsp3) is 0.333. The Hall–Kier alpha value is -2.02. The van der Waals surface area contributed by atoms with Crippen LogP contribution in [0.2, 0.25) is 0 Å². The number of carbonyl (C=O) groups excluding carboxylic acids is 2. The van der Waals surface area contributed by atoms with E-state index in [4.69, 9.17) is 10.6 Å². The summed E-state index contributed by atoms with van der Waals surface area (Å²) >= 11 is 3.36. The van der Waals surface area contributed by atoms with E-state index in [-0.39, 0.29) is 5.78 Å². The summed E-state index contributed by atoms with van der Waals surface area (Å²) in [4.78, 5) is 31.0. The van der Waals surface area contributed by atoms with Gasteiger partial charge < -0.3 is 10.6 Å². The van der Waals surface area contributed by atoms with Crippen LogP contribution >= 0.6 is 15.9 Å². The average molecular weight is 433 g/mol. The van der Waals surface area contributed by atoms with Crippen LogP contribution in [0.15, 0.2) is 53.0 Å². The number of hydrogen-bond acceptors (Lipinski definition) is 5. The van der Waals surface area contributed by atoms with E-state index < -0.39 is 11.5 Å². The first kappa shape index (κ1) is 21.3. The summed E-state index contributed by atoms with van der Waals surface area (Å²) in [5, 5.41) is 1.55. The van der Waals surface area contributed by atoms with Crippen LogP contribution in [-0.4, -0.2) is 29.9 Å². The summed E-state index contributed by atoms with van der Waals surface area (Å²) in [5.41, 5.74) is 6.72. The standard InChI is InChI=1S/C21H25BrN2O3/c1-4-21(23,20(26)27-24(5-2)6-3)17-9-7-8-16(14-17)19(25)15-10-12-18(22)13-11-15/h7-14H,4-6,23H2,1-3H3. The maximum absolute atomic E-state index is 12.8. The van der Waals surface area contributed by atoms with E-state index in [9.17, 15) is 9.59 Å². The number of hydrogen-bond donors (Lipinski definition) is 1. The molecule has 0 saturated heterocycles. The van der Waals surface area contributed by atoms with Crippen molar-refractivity contribution >= 4 is 27.7 Å². The minimum atomic E-state index is -1.32. The van der Waals surface area contributed by atoms with Crippen LogP contribution in [0, 0.1) is 0 Å². The molecule has 0 bridgehead atoms. The molecule has 0 aromatic heterocycles. The number of halogens is 1. The van der Waals surface area contributed by atoms with Crippen LogP contribution in [0.1, 0.15) is 48.7 Å². The zero-order valence-corrected chi connectivity index (χ0v) is 17.5. The lowest BCUT2D eigenvalue weighted by Gasteiger charge is -2.29. The molecule has 0 aliphatic rings. The zero-order valence-electron chi connectivity index (χ0n) is 15.9. The van der Waals surface area contributed by atoms with Crippen molar-refractivity contribution in [2.45, 2.75) is 32.7 Å². The number of ketones is 1. The molecule has 1 unspecified atom stereocenters. The Morgan fingerprint density at radius 1 is 1.04 bits per heavy atom. The molecule has 27 heavy (non-hydrogen) atoms. The van der Waals surface area contributed by atoms with Gasteiger partial charge in [-0.2, -0.15) is 0 Å². The summed E-state index contributed by atoms with van der Waals surface area (Å²) in [5.74, 6) is -0.651. The number of hydroxylamine groups is 2. The Kier molecular flexibility index (Phi) is 7.30. The first-order valence-electron chi connectivity index (χ1n) is 9.02. The largest absolute Gasteiger partial charge is 0.366 e. The quantitative estimate of drug-likeness (QED) is 0.503. The Bertz CT molecular complexity index is 803. The van der Waals surface area contributed by atoms with E-state index in [0.29, 0.717) is 36.2 Å². The highest BCUT2D eigenvalue weighted by Gasteiger charge is 2.37. The fourth-order valence-corrected chi connectivity index (χ4v) is 2.99. The molecule has 6 heteroatoms. The second kappa shape index (κ2) is 9.26. The third kappa shape index (κ3) is 4.83. The molecule has 0 saturated carbocycles. The van der Waals surface area contributed by atoms with E-state index in [1.807, 2.05) is 32.9 Å². The highest BCUT2D eigenvalue weighted by atomic mass is 79.9. The minimum Gasteiger partial charge on any atom is -0.366 e. The molecule has 0 aliphatic carbocycles. The minimum absolute atomic E-state index is 0.125. The van der Waals surface area contributed by atoms with Gasteiger partial charge in [0.2, 0.25) is 0 Å². The van der Waals surface area contributed by atoms with Crippen molar-refractivity contribution in [2.24, 2.45) is 5.73 Å². The first-order valence-corrected chi connectivity index (χ1v) is 9.82. The number of rotatable bonds is 8. The van der Waals surface area contributed by atoms with Gasteiger partial charge in [0.15, 0.2) is 5.78 Å². The van der Waals surface area contributed by atoms with Gasteiger partial charge in [0.1, 0.15) is 5.54 Å². The van der Waals surface area contributed by atoms with Crippen molar-refractivity contribution in [1.82, 2.24) is 5.06 Å². The number of benzene rings is 2. The molecular weight excluding hydrogens is 408 g/mol. The molecule has 0 spiro atoms. The predicted octanol–water partition coefficient (Wildman–Crippen LogP) is 4.04. The predicted molar refractivity (Wildman–Crippen MR) is 109 cm³/mol. The Morgan fingerprint density at radius 3 is 2.22 bits per heavy atom. The SMILES string of the molecule is CCN(CC)OC(=O)C(N)(CC)c1cccc(C(=O)c2ccc(Br)cc2)c1. The third-order valence-electron chi connectivity index (χ3n) is 4.59. The molecule has 0 heterocycles. The summed E-state index contributed by atoms with van der Waals surface area (Å²) in [6.45, 7) is 6.78. The number of nitrogens with two attached hydrogens (primary N) is 1. The van der Waals surface area contributed by atoms with Gasteiger partial charge in [-0.25, -0.2) is 4.79 Å². The summed E-state index contributed by atoms with van der Waals surface area (Å²) in [6, 6.07) is 14.0. The van der Waals surface area contributed by atoms with E-state index in [1.165, 1.54) is 0 Å². The molecule has 0 fully saturated rings. The molecule has 1 atom stereocenters. The van der Waals surface area contributed by atoms with Crippen molar-refractivity contribution in [3.63, 3.8) is 0 Å². The van der Waals surface area contributed by atoms with Gasteiger partial charge in [-0.05, 0) is 56.2 Å². The van der Waals surface area contributed by atoms with E-state index in [0.717, 1.165) is 4.47 Å². The van der Waals surface area contributed by atoms with Crippen LogP contribution < -0.4 is 5.73 Å². The van der Waals surface area contributed by atoms with Crippen molar-refractivity contribution in [3.8, 4) is 0 Å². The van der Waals surface area contributed by atoms with Gasteiger partial charge in [0, 0.05) is 28.7 Å². The lowest BCUT2D eigenvalue weighted by molar-refractivity contribution is -0.196. The lowest BCUT2D eigenvalue weighted by Crippen LogP contribution is -2.48. The number of nitrogens with zero attached hydrogens (tertiary/aromatic N) is 1. The normalized spacial score (nSPS) is 13.3. The monoisotopic (exact) mass is 432 g/mol. The fourth-order valence-electron chi connectivity index (χ4n) is 2.72. The van der Waals surface area contributed by atoms with Gasteiger partial charge in [-0.15, -0.1) is 5.06 Å². The molecule has 2 aromatic rings. The smallest absolute Gasteiger partial charge is 0.349 e. The highest BCUT2D eigenvalue weighted by molar-refractivity contribution is 9.10. The molecule has 144 valence electrons. The summed E-state index contributed by atoms with van der Waals surface area (Å²) in [7, 11) is 0. The van der Waals surface area contributed by atoms with Gasteiger partial charge in [0.05, 0.1) is 0 Å². The molecule has 0 amide bonds. The average Bonchev–Trinajstić information content (AvgIpc) is 2.71. The van der Waals surface area contributed by atoms with Crippen molar-refractivity contribution < 1.29 is 14.4 Å². The van der Waals surface area contributed by atoms with Gasteiger partial charge in [-0.1, -0.05) is 41.1 Å². The Balaban J connectivity index is 2.34. The van der Waals surface area contributed by atoms with Crippen molar-refractivity contribution in [2.75, 3.05) is 13.1 Å². The van der Waals surface area contributed by atoms with Gasteiger partial charge >= 0.3 is 5.97 Å². The maximum atomic E-state index is 12.8. The van der Waals surface area contributed by atoms with Crippen molar-refractivity contribution in [1.29, 1.82) is 0 Å². The first-order chi connectivity index (χ1) is 12.8. The molecule has 0 radical (unpaired) electrons. The molecule has 2 aromatic carbocycles. The molecule has 2 rings (SSSR count). The van der Waals surface area contributed by atoms with E-state index >= 15 is 0 Å². The Labute approximate surface area is 168 Å². The van der Waals surface area contributed by atoms with Gasteiger partial charge in [0.25, 0.3) is 0 Å². The van der Waals surface area contributed by atoms with Crippen molar-refractivity contribution in [3.05, 3.63) is 69.7 Å². The topological polar surface area (TPSA) is 72.6 Å². The van der Waals surface area contributed by atoms with Gasteiger partial charge in [-0.3, -0.25) is 4.79 Å². The van der Waals surface area contributed by atoms with Crippen LogP contribution in [0.4, 0.5) is 0 Å². The second-order valence-corrected chi connectivity index (χ2v) is 7.15. The molecular formula is C21H25BrN2O3.